The van der Waals surface area contributed by atoms with Crippen LogP contribution in [-0.2, 0) is 6.54 Å². The van der Waals surface area contributed by atoms with E-state index in [2.05, 4.69) is 57.2 Å². The average Bonchev–Trinajstić information content (AvgIpc) is 3.06. The van der Waals surface area contributed by atoms with Gasteiger partial charge in [0.2, 0.25) is 0 Å². The Morgan fingerprint density at radius 3 is 2.82 bits per heavy atom. The molecule has 3 aromatic rings. The molecule has 5 nitrogen and oxygen atoms in total. The third-order valence-corrected chi connectivity index (χ3v) is 4.24. The molecule has 0 unspecified atom stereocenters. The normalized spacial score (nSPS) is 12.5. The monoisotopic (exact) mass is 377 g/mol. The SMILES string of the molecule is Cc1ccccc1-n1c([C@@H](C)Cn2cc(Br)cn2)n[nH]c1=S. The van der Waals surface area contributed by atoms with E-state index in [1.807, 2.05) is 27.6 Å². The smallest absolute Gasteiger partial charge is 0.199 e. The molecule has 114 valence electrons. The lowest BCUT2D eigenvalue weighted by molar-refractivity contribution is 0.518. The Morgan fingerprint density at radius 2 is 2.14 bits per heavy atom. The van der Waals surface area contributed by atoms with Crippen molar-refractivity contribution in [1.29, 1.82) is 0 Å². The lowest BCUT2D eigenvalue weighted by atomic mass is 10.1. The predicted octanol–water partition coefficient (Wildman–Crippen LogP) is 4.00. The van der Waals surface area contributed by atoms with Crippen molar-refractivity contribution in [3.8, 4) is 5.69 Å². The van der Waals surface area contributed by atoms with Crippen LogP contribution in [0.15, 0.2) is 41.1 Å². The van der Waals surface area contributed by atoms with Crippen LogP contribution in [0.2, 0.25) is 0 Å². The van der Waals surface area contributed by atoms with E-state index in [9.17, 15) is 0 Å². The van der Waals surface area contributed by atoms with E-state index in [4.69, 9.17) is 12.2 Å². The molecule has 2 heterocycles. The number of aryl methyl sites for hydroxylation is 1. The minimum Gasteiger partial charge on any atom is -0.272 e. The second kappa shape index (κ2) is 6.18. The van der Waals surface area contributed by atoms with Gasteiger partial charge >= 0.3 is 0 Å². The zero-order valence-corrected chi connectivity index (χ0v) is 14.7. The van der Waals surface area contributed by atoms with Gasteiger partial charge in [0.05, 0.1) is 22.9 Å². The molecule has 0 bridgehead atoms. The van der Waals surface area contributed by atoms with Crippen molar-refractivity contribution >= 4 is 28.1 Å². The highest BCUT2D eigenvalue weighted by Gasteiger charge is 2.17. The van der Waals surface area contributed by atoms with Gasteiger partial charge in [0, 0.05) is 12.1 Å². The first kappa shape index (κ1) is 15.2. The maximum absolute atomic E-state index is 5.42. The summed E-state index contributed by atoms with van der Waals surface area (Å²) in [5.41, 5.74) is 2.22. The largest absolute Gasteiger partial charge is 0.272 e. The van der Waals surface area contributed by atoms with E-state index >= 15 is 0 Å². The van der Waals surface area contributed by atoms with Gasteiger partial charge in [0.15, 0.2) is 4.77 Å². The Kier molecular flexibility index (Phi) is 4.26. The molecule has 0 saturated carbocycles. The number of hydrogen-bond acceptors (Lipinski definition) is 3. The molecule has 0 aliphatic rings. The Bertz CT molecular complexity index is 847. The van der Waals surface area contributed by atoms with Crippen molar-refractivity contribution < 1.29 is 0 Å². The lowest BCUT2D eigenvalue weighted by Crippen LogP contribution is -2.12. The summed E-state index contributed by atoms with van der Waals surface area (Å²) >= 11 is 8.83. The summed E-state index contributed by atoms with van der Waals surface area (Å²) in [6.07, 6.45) is 3.74. The molecule has 22 heavy (non-hydrogen) atoms. The molecule has 1 atom stereocenters. The second-order valence-corrected chi connectivity index (χ2v) is 6.59. The Labute approximate surface area is 142 Å². The van der Waals surface area contributed by atoms with Gasteiger partial charge in [-0.3, -0.25) is 14.3 Å². The maximum Gasteiger partial charge on any atom is 0.199 e. The van der Waals surface area contributed by atoms with Gasteiger partial charge in [-0.1, -0.05) is 25.1 Å². The van der Waals surface area contributed by atoms with Crippen LogP contribution in [0.5, 0.6) is 0 Å². The fourth-order valence-electron chi connectivity index (χ4n) is 2.49. The predicted molar refractivity (Wildman–Crippen MR) is 91.8 cm³/mol. The fourth-order valence-corrected chi connectivity index (χ4v) is 3.05. The summed E-state index contributed by atoms with van der Waals surface area (Å²) in [5.74, 6) is 1.07. The standard InChI is InChI=1S/C15H16BrN5S/c1-10-5-3-4-6-13(10)21-14(18-19-15(21)22)11(2)8-20-9-12(16)7-17-20/h3-7,9,11H,8H2,1-2H3,(H,19,22)/t11-/m0/s1. The van der Waals surface area contributed by atoms with E-state index in [-0.39, 0.29) is 5.92 Å². The molecule has 0 saturated heterocycles. The summed E-state index contributed by atoms with van der Waals surface area (Å²) in [6, 6.07) is 8.16. The lowest BCUT2D eigenvalue weighted by Gasteiger charge is -2.14. The van der Waals surface area contributed by atoms with Crippen LogP contribution in [-0.4, -0.2) is 24.5 Å². The number of nitrogens with one attached hydrogen (secondary N) is 1. The van der Waals surface area contributed by atoms with Crippen LogP contribution >= 0.6 is 28.1 Å². The zero-order chi connectivity index (χ0) is 15.7. The number of H-pyrrole nitrogens is 1. The van der Waals surface area contributed by atoms with Gasteiger partial charge < -0.3 is 0 Å². The van der Waals surface area contributed by atoms with Crippen LogP contribution in [0.1, 0.15) is 24.2 Å². The van der Waals surface area contributed by atoms with Crippen molar-refractivity contribution in [2.45, 2.75) is 26.3 Å². The summed E-state index contributed by atoms with van der Waals surface area (Å²) in [6.45, 7) is 4.93. The van der Waals surface area contributed by atoms with Gasteiger partial charge in [-0.15, -0.1) is 0 Å². The number of benzene rings is 1. The van der Waals surface area contributed by atoms with Crippen molar-refractivity contribution in [1.82, 2.24) is 24.5 Å². The number of para-hydroxylation sites is 1. The molecule has 0 fully saturated rings. The Balaban J connectivity index is 1.98. The first-order valence-electron chi connectivity index (χ1n) is 6.97. The van der Waals surface area contributed by atoms with Gasteiger partial charge in [0.1, 0.15) is 5.82 Å². The third-order valence-electron chi connectivity index (χ3n) is 3.56. The van der Waals surface area contributed by atoms with Crippen LogP contribution in [0.25, 0.3) is 5.69 Å². The first-order chi connectivity index (χ1) is 10.6. The molecule has 0 amide bonds. The first-order valence-corrected chi connectivity index (χ1v) is 8.17. The second-order valence-electron chi connectivity index (χ2n) is 5.29. The highest BCUT2D eigenvalue weighted by Crippen LogP contribution is 2.22. The third kappa shape index (κ3) is 2.91. The molecule has 0 radical (unpaired) electrons. The molecular weight excluding hydrogens is 362 g/mol. The molecule has 1 aromatic carbocycles. The molecule has 1 N–H and O–H groups in total. The zero-order valence-electron chi connectivity index (χ0n) is 12.3. The highest BCUT2D eigenvalue weighted by atomic mass is 79.9. The van der Waals surface area contributed by atoms with Crippen LogP contribution < -0.4 is 0 Å². The molecular formula is C15H16BrN5S. The number of rotatable bonds is 4. The fraction of sp³-hybridized carbons (Fsp3) is 0.267. The van der Waals surface area contributed by atoms with Gasteiger partial charge in [-0.05, 0) is 46.7 Å². The number of halogens is 1. The van der Waals surface area contributed by atoms with E-state index in [1.54, 1.807) is 6.20 Å². The number of nitrogens with zero attached hydrogens (tertiary/aromatic N) is 4. The Morgan fingerprint density at radius 1 is 1.36 bits per heavy atom. The quantitative estimate of drug-likeness (QED) is 0.699. The van der Waals surface area contributed by atoms with Crippen molar-refractivity contribution in [2.75, 3.05) is 0 Å². The summed E-state index contributed by atoms with van der Waals surface area (Å²) in [4.78, 5) is 0. The van der Waals surface area contributed by atoms with Crippen LogP contribution in [0.4, 0.5) is 0 Å². The summed E-state index contributed by atoms with van der Waals surface area (Å²) in [7, 11) is 0. The van der Waals surface area contributed by atoms with E-state index in [1.165, 1.54) is 0 Å². The van der Waals surface area contributed by atoms with Crippen molar-refractivity contribution in [3.63, 3.8) is 0 Å². The molecule has 0 aliphatic heterocycles. The van der Waals surface area contributed by atoms with Crippen LogP contribution in [0, 0.1) is 11.7 Å². The minimum atomic E-state index is 0.166. The van der Waals surface area contributed by atoms with Gasteiger partial charge in [-0.2, -0.15) is 10.2 Å². The summed E-state index contributed by atoms with van der Waals surface area (Å²) < 4.78 is 5.48. The van der Waals surface area contributed by atoms with E-state index < -0.39 is 0 Å². The van der Waals surface area contributed by atoms with Gasteiger partial charge in [-0.25, -0.2) is 0 Å². The van der Waals surface area contributed by atoms with Crippen molar-refractivity contribution in [3.05, 3.63) is 57.3 Å². The highest BCUT2D eigenvalue weighted by molar-refractivity contribution is 9.10. The number of aromatic amines is 1. The maximum atomic E-state index is 5.42. The number of aromatic nitrogens is 5. The molecule has 3 rings (SSSR count). The summed E-state index contributed by atoms with van der Waals surface area (Å²) in [5, 5.41) is 11.6. The van der Waals surface area contributed by atoms with Crippen LogP contribution in [0.3, 0.4) is 0 Å². The topological polar surface area (TPSA) is 51.4 Å². The minimum absolute atomic E-state index is 0.166. The van der Waals surface area contributed by atoms with Gasteiger partial charge in [0.25, 0.3) is 0 Å². The molecule has 0 spiro atoms. The molecule has 7 heteroatoms. The van der Waals surface area contributed by atoms with E-state index in [0.29, 0.717) is 4.77 Å². The Hall–Kier alpha value is -1.73. The molecule has 0 aliphatic carbocycles. The number of hydrogen-bond donors (Lipinski definition) is 1. The average molecular weight is 378 g/mol. The van der Waals surface area contributed by atoms with Crippen molar-refractivity contribution in [2.24, 2.45) is 0 Å². The molecule has 2 aromatic heterocycles. The van der Waals surface area contributed by atoms with E-state index in [0.717, 1.165) is 28.1 Å².